The first-order chi connectivity index (χ1) is 21.9. The predicted molar refractivity (Wildman–Crippen MR) is 177 cm³/mol. The zero-order valence-electron chi connectivity index (χ0n) is 26.5. The van der Waals surface area contributed by atoms with Gasteiger partial charge in [-0.2, -0.15) is 15.0 Å². The van der Waals surface area contributed by atoms with Gasteiger partial charge in [0.05, 0.1) is 11.5 Å². The van der Waals surface area contributed by atoms with Crippen LogP contribution in [-0.2, 0) is 10.2 Å². The zero-order valence-corrected chi connectivity index (χ0v) is 28.4. The monoisotopic (exact) mass is 668 g/mol. The number of piperidine rings is 1. The summed E-state index contributed by atoms with van der Waals surface area (Å²) >= 11 is 6.58. The quantitative estimate of drug-likeness (QED) is 0.172. The van der Waals surface area contributed by atoms with Crippen LogP contribution in [0.25, 0.3) is 11.6 Å². The molecular formula is C33H39ClFN6O4P. The number of amides is 1. The second kappa shape index (κ2) is 14.0. The number of nitrogens with zero attached hydrogens (tertiary/aromatic N) is 6. The molecule has 2 saturated heterocycles. The van der Waals surface area contributed by atoms with E-state index in [1.54, 1.807) is 11.0 Å². The van der Waals surface area contributed by atoms with E-state index in [0.717, 1.165) is 10.9 Å². The molecule has 1 amide bonds. The van der Waals surface area contributed by atoms with Crippen molar-refractivity contribution in [3.63, 3.8) is 0 Å². The number of carbonyl (C=O) groups excluding carboxylic acids is 1. The molecule has 13 heteroatoms. The lowest BCUT2D eigenvalue weighted by atomic mass is 9.84. The number of hydrogen-bond acceptors (Lipinski definition) is 9. The molecule has 2 aromatic heterocycles. The number of terminal acetylenes is 1. The molecule has 0 radical (unpaired) electrons. The van der Waals surface area contributed by atoms with Crippen molar-refractivity contribution in [2.24, 2.45) is 0 Å². The maximum atomic E-state index is 14.2. The van der Waals surface area contributed by atoms with Gasteiger partial charge in [-0.05, 0) is 57.3 Å². The van der Waals surface area contributed by atoms with Crippen LogP contribution in [-0.4, -0.2) is 86.4 Å². The Kier molecular flexibility index (Phi) is 10.3. The van der Waals surface area contributed by atoms with Crippen molar-refractivity contribution in [3.8, 4) is 35.8 Å². The molecule has 0 saturated carbocycles. The van der Waals surface area contributed by atoms with Gasteiger partial charge in [0, 0.05) is 49.5 Å². The van der Waals surface area contributed by atoms with Crippen LogP contribution in [0.3, 0.4) is 0 Å². The summed E-state index contributed by atoms with van der Waals surface area (Å²) in [4.78, 5) is 30.0. The van der Waals surface area contributed by atoms with Gasteiger partial charge in [0.15, 0.2) is 0 Å². The molecule has 0 bridgehead atoms. The maximum absolute atomic E-state index is 14.2. The molecule has 0 spiro atoms. The van der Waals surface area contributed by atoms with Crippen LogP contribution in [0.4, 0.5) is 4.39 Å². The summed E-state index contributed by atoms with van der Waals surface area (Å²) in [5, 5.41) is 5.70. The first-order valence-corrected chi connectivity index (χ1v) is 16.2. The summed E-state index contributed by atoms with van der Waals surface area (Å²) in [6, 6.07) is 6.90. The first-order valence-electron chi connectivity index (χ1n) is 15.2. The largest absolute Gasteiger partial charge is 0.474 e. The van der Waals surface area contributed by atoms with E-state index in [9.17, 15) is 9.18 Å². The van der Waals surface area contributed by atoms with Gasteiger partial charge in [0.25, 0.3) is 0 Å². The molecule has 1 aromatic carbocycles. The van der Waals surface area contributed by atoms with Crippen molar-refractivity contribution >= 4 is 32.1 Å². The van der Waals surface area contributed by atoms with Crippen LogP contribution in [0.1, 0.15) is 57.9 Å². The minimum absolute atomic E-state index is 0.136. The maximum Gasteiger partial charge on any atom is 0.246 e. The molecule has 244 valence electrons. The SMILES string of the molecule is C#CC[C@@H]1C[C@@H](Oc2cc(O[C@@H](C)[C@@H]3C[C@H](F)CN3C)nc(-c3noc(C(C)(C)c4c(P)cccc4Cl)n3)n2)CCN1C(=O)C=C. The van der Waals surface area contributed by atoms with Gasteiger partial charge in [-0.1, -0.05) is 35.5 Å². The topological polar surface area (TPSA) is 107 Å². The third-order valence-electron chi connectivity index (χ3n) is 8.67. The van der Waals surface area contributed by atoms with Crippen LogP contribution in [0.15, 0.2) is 41.4 Å². The van der Waals surface area contributed by atoms with Gasteiger partial charge in [-0.3, -0.25) is 9.69 Å². The lowest BCUT2D eigenvalue weighted by Crippen LogP contribution is -2.48. The van der Waals surface area contributed by atoms with E-state index in [0.29, 0.717) is 49.7 Å². The molecule has 2 aliphatic heterocycles. The van der Waals surface area contributed by atoms with E-state index in [1.807, 2.05) is 50.9 Å². The van der Waals surface area contributed by atoms with Gasteiger partial charge < -0.3 is 18.9 Å². The fraction of sp³-hybridized carbons (Fsp3) is 0.485. The Morgan fingerprint density at radius 3 is 2.74 bits per heavy atom. The van der Waals surface area contributed by atoms with E-state index in [1.165, 1.54) is 6.08 Å². The minimum atomic E-state index is -0.919. The van der Waals surface area contributed by atoms with Gasteiger partial charge in [0.1, 0.15) is 18.4 Å². The second-order valence-corrected chi connectivity index (χ2v) is 13.4. The minimum Gasteiger partial charge on any atom is -0.474 e. The molecule has 2 aliphatic rings. The highest BCUT2D eigenvalue weighted by atomic mass is 35.5. The van der Waals surface area contributed by atoms with Crippen molar-refractivity contribution in [3.05, 3.63) is 53.4 Å². The third-order valence-corrected chi connectivity index (χ3v) is 9.47. The van der Waals surface area contributed by atoms with Crippen LogP contribution >= 0.6 is 20.8 Å². The summed E-state index contributed by atoms with van der Waals surface area (Å²) < 4.78 is 32.6. The molecule has 4 heterocycles. The molecule has 0 aliphatic carbocycles. The highest BCUT2D eigenvalue weighted by Gasteiger charge is 2.36. The molecule has 5 rings (SSSR count). The lowest BCUT2D eigenvalue weighted by Gasteiger charge is -2.38. The number of ether oxygens (including phenoxy) is 2. The summed E-state index contributed by atoms with van der Waals surface area (Å²) in [6.07, 6.45) is 7.15. The molecule has 6 atom stereocenters. The van der Waals surface area contributed by atoms with Crippen LogP contribution < -0.4 is 14.8 Å². The Balaban J connectivity index is 1.46. The average Bonchev–Trinajstić information content (AvgIpc) is 3.64. The Labute approximate surface area is 276 Å². The lowest BCUT2D eigenvalue weighted by molar-refractivity contribution is -0.130. The Morgan fingerprint density at radius 2 is 2.07 bits per heavy atom. The molecule has 1 unspecified atom stereocenters. The number of aromatic nitrogens is 4. The molecule has 2 fully saturated rings. The normalized spacial score (nSPS) is 22.7. The second-order valence-electron chi connectivity index (χ2n) is 12.3. The number of rotatable bonds is 10. The summed E-state index contributed by atoms with van der Waals surface area (Å²) in [5.41, 5.74) is 0.101. The molecule has 0 N–H and O–H groups in total. The third kappa shape index (κ3) is 7.20. The van der Waals surface area contributed by atoms with Crippen molar-refractivity contribution in [2.75, 3.05) is 20.1 Å². The van der Waals surface area contributed by atoms with Crippen molar-refractivity contribution in [1.29, 1.82) is 0 Å². The van der Waals surface area contributed by atoms with E-state index >= 15 is 0 Å². The first kappa shape index (κ1) is 33.8. The molecule has 46 heavy (non-hydrogen) atoms. The molecule has 3 aromatic rings. The number of likely N-dealkylation sites (tertiary alicyclic amines) is 2. The molecular weight excluding hydrogens is 630 g/mol. The highest BCUT2D eigenvalue weighted by molar-refractivity contribution is 7.27. The Bertz CT molecular complexity index is 1610. The fourth-order valence-electron chi connectivity index (χ4n) is 6.31. The van der Waals surface area contributed by atoms with Crippen molar-refractivity contribution in [1.82, 2.24) is 29.9 Å². The van der Waals surface area contributed by atoms with Gasteiger partial charge in [0.2, 0.25) is 35.2 Å². The zero-order chi connectivity index (χ0) is 33.2. The van der Waals surface area contributed by atoms with Crippen LogP contribution in [0.5, 0.6) is 11.8 Å². The smallest absolute Gasteiger partial charge is 0.246 e. The predicted octanol–water partition coefficient (Wildman–Crippen LogP) is 4.76. The van der Waals surface area contributed by atoms with Gasteiger partial charge >= 0.3 is 0 Å². The summed E-state index contributed by atoms with van der Waals surface area (Å²) in [7, 11) is 4.57. The number of halogens is 2. The number of likely N-dealkylation sites (N-methyl/N-ethyl adjacent to an activating group) is 1. The number of carbonyl (C=O) groups is 1. The van der Waals surface area contributed by atoms with Crippen LogP contribution in [0.2, 0.25) is 5.02 Å². The van der Waals surface area contributed by atoms with E-state index in [2.05, 4.69) is 41.8 Å². The standard InChI is InChI=1S/C33H39ClFN6O4P/c1-7-10-21-16-22(13-14-41(21)28(42)8-2)44-27-17-26(43-19(3)24-15-20(35)18-40(24)6)36-30(37-27)31-38-32(45-39-31)33(4,5)29-23(34)11-9-12-25(29)46/h1,8-9,11-12,17,19-22,24H,2,10,13-16,18,46H2,3-6H3/t19-,20-,21+,22-,24-/m0/s1. The van der Waals surface area contributed by atoms with Crippen molar-refractivity contribution in [2.45, 2.75) is 82.3 Å². The average molecular weight is 669 g/mol. The Morgan fingerprint density at radius 1 is 1.30 bits per heavy atom. The summed E-state index contributed by atoms with van der Waals surface area (Å²) in [5.74, 6) is 3.57. The van der Waals surface area contributed by atoms with Crippen molar-refractivity contribution < 1.29 is 23.2 Å². The van der Waals surface area contributed by atoms with E-state index < -0.39 is 11.6 Å². The number of benzene rings is 1. The molecule has 10 nitrogen and oxygen atoms in total. The van der Waals surface area contributed by atoms with E-state index in [-0.39, 0.29) is 53.6 Å². The van der Waals surface area contributed by atoms with Gasteiger partial charge in [-0.25, -0.2) is 4.39 Å². The number of alkyl halides is 1. The fourth-order valence-corrected chi connectivity index (χ4v) is 7.45. The van der Waals surface area contributed by atoms with Gasteiger partial charge in [-0.15, -0.1) is 21.6 Å². The Hall–Kier alpha value is -3.58. The van der Waals surface area contributed by atoms with E-state index in [4.69, 9.17) is 32.0 Å². The highest BCUT2D eigenvalue weighted by Crippen LogP contribution is 2.36. The summed E-state index contributed by atoms with van der Waals surface area (Å²) in [6.45, 7) is 10.2. The van der Waals surface area contributed by atoms with Crippen LogP contribution in [0, 0.1) is 12.3 Å². The number of hydrogen-bond donors (Lipinski definition) is 0.